The van der Waals surface area contributed by atoms with Crippen LogP contribution in [0.1, 0.15) is 30.9 Å². The van der Waals surface area contributed by atoms with E-state index < -0.39 is 5.97 Å². The number of carboxylic acid groups (broad SMARTS) is 1. The summed E-state index contributed by atoms with van der Waals surface area (Å²) in [6.07, 6.45) is 0. The molecule has 1 aromatic carbocycles. The van der Waals surface area contributed by atoms with Crippen LogP contribution in [0.5, 0.6) is 0 Å². The number of carboxylic acids is 1. The first-order valence-electron chi connectivity index (χ1n) is 7.27. The van der Waals surface area contributed by atoms with Crippen LogP contribution in [-0.2, 0) is 4.79 Å². The second-order valence-corrected chi connectivity index (χ2v) is 5.86. The molecule has 0 radical (unpaired) electrons. The van der Waals surface area contributed by atoms with Crippen LogP contribution in [0.3, 0.4) is 0 Å². The molecular formula is C16H24N2O2. The topological polar surface area (TPSA) is 43.8 Å². The van der Waals surface area contributed by atoms with Crippen LogP contribution in [-0.4, -0.2) is 48.7 Å². The highest BCUT2D eigenvalue weighted by Gasteiger charge is 2.20. The minimum absolute atomic E-state index is 0.152. The van der Waals surface area contributed by atoms with Crippen LogP contribution < -0.4 is 4.90 Å². The Hall–Kier alpha value is -1.55. The molecule has 1 aliphatic rings. The lowest BCUT2D eigenvalue weighted by Gasteiger charge is -2.36. The predicted octanol–water partition coefficient (Wildman–Crippen LogP) is 2.33. The lowest BCUT2D eigenvalue weighted by Crippen LogP contribution is -2.48. The molecule has 0 atom stereocenters. The molecule has 0 saturated carbocycles. The van der Waals surface area contributed by atoms with Crippen LogP contribution in [0.2, 0.25) is 0 Å². The van der Waals surface area contributed by atoms with E-state index in [-0.39, 0.29) is 6.54 Å². The van der Waals surface area contributed by atoms with E-state index in [0.29, 0.717) is 5.92 Å². The molecule has 20 heavy (non-hydrogen) atoms. The van der Waals surface area contributed by atoms with Gasteiger partial charge in [0.2, 0.25) is 0 Å². The summed E-state index contributed by atoms with van der Waals surface area (Å²) < 4.78 is 0. The van der Waals surface area contributed by atoms with E-state index in [4.69, 9.17) is 5.11 Å². The normalized spacial score (nSPS) is 16.7. The van der Waals surface area contributed by atoms with Crippen molar-refractivity contribution in [3.8, 4) is 0 Å². The molecule has 0 unspecified atom stereocenters. The van der Waals surface area contributed by atoms with Crippen LogP contribution in [0, 0.1) is 6.92 Å². The first-order valence-corrected chi connectivity index (χ1v) is 7.27. The Labute approximate surface area is 121 Å². The van der Waals surface area contributed by atoms with Gasteiger partial charge in [0, 0.05) is 31.9 Å². The Balaban J connectivity index is 2.06. The van der Waals surface area contributed by atoms with Gasteiger partial charge >= 0.3 is 5.97 Å². The molecule has 0 bridgehead atoms. The summed E-state index contributed by atoms with van der Waals surface area (Å²) in [6.45, 7) is 10.1. The van der Waals surface area contributed by atoms with Gasteiger partial charge in [-0.15, -0.1) is 0 Å². The van der Waals surface area contributed by atoms with Crippen molar-refractivity contribution in [1.29, 1.82) is 0 Å². The summed E-state index contributed by atoms with van der Waals surface area (Å²) in [6, 6.07) is 6.67. The monoisotopic (exact) mass is 276 g/mol. The standard InChI is InChI=1S/C16H24N2O2/c1-12(2)14-5-4-13(3)15(10-14)18-8-6-17(7-9-18)11-16(19)20/h4-5,10,12H,6-9,11H2,1-3H3,(H,19,20). The van der Waals surface area contributed by atoms with Gasteiger partial charge in [-0.2, -0.15) is 0 Å². The van der Waals surface area contributed by atoms with Gasteiger partial charge in [-0.25, -0.2) is 0 Å². The maximum absolute atomic E-state index is 10.7. The third-order valence-electron chi connectivity index (χ3n) is 3.97. The van der Waals surface area contributed by atoms with Crippen molar-refractivity contribution in [2.75, 3.05) is 37.6 Å². The highest BCUT2D eigenvalue weighted by molar-refractivity contribution is 5.69. The van der Waals surface area contributed by atoms with Crippen molar-refractivity contribution in [3.05, 3.63) is 29.3 Å². The highest BCUT2D eigenvalue weighted by Crippen LogP contribution is 2.26. The van der Waals surface area contributed by atoms with Crippen LogP contribution in [0.4, 0.5) is 5.69 Å². The van der Waals surface area contributed by atoms with Crippen molar-refractivity contribution >= 4 is 11.7 Å². The molecule has 0 aromatic heterocycles. The number of carbonyl (C=O) groups is 1. The summed E-state index contributed by atoms with van der Waals surface area (Å²) in [5, 5.41) is 8.83. The number of piperazine rings is 1. The Morgan fingerprint density at radius 3 is 2.45 bits per heavy atom. The minimum Gasteiger partial charge on any atom is -0.480 e. The van der Waals surface area contributed by atoms with E-state index in [9.17, 15) is 4.79 Å². The lowest BCUT2D eigenvalue weighted by molar-refractivity contribution is -0.138. The van der Waals surface area contributed by atoms with Crippen molar-refractivity contribution in [1.82, 2.24) is 4.90 Å². The van der Waals surface area contributed by atoms with Crippen molar-refractivity contribution in [3.63, 3.8) is 0 Å². The number of nitrogens with zero attached hydrogens (tertiary/aromatic N) is 2. The van der Waals surface area contributed by atoms with Gasteiger partial charge in [0.1, 0.15) is 0 Å². The van der Waals surface area contributed by atoms with Gasteiger partial charge in [0.25, 0.3) is 0 Å². The highest BCUT2D eigenvalue weighted by atomic mass is 16.4. The van der Waals surface area contributed by atoms with Crippen LogP contribution >= 0.6 is 0 Å². The number of rotatable bonds is 4. The van der Waals surface area contributed by atoms with Gasteiger partial charge in [-0.1, -0.05) is 26.0 Å². The maximum Gasteiger partial charge on any atom is 0.317 e. The number of benzene rings is 1. The summed E-state index contributed by atoms with van der Waals surface area (Å²) >= 11 is 0. The van der Waals surface area contributed by atoms with E-state index in [1.54, 1.807) is 0 Å². The molecule has 1 aliphatic heterocycles. The first kappa shape index (κ1) is 14.9. The first-order chi connectivity index (χ1) is 9.47. The van der Waals surface area contributed by atoms with E-state index in [1.165, 1.54) is 16.8 Å². The van der Waals surface area contributed by atoms with Gasteiger partial charge in [0.15, 0.2) is 0 Å². The molecule has 1 fully saturated rings. The summed E-state index contributed by atoms with van der Waals surface area (Å²) in [4.78, 5) is 15.1. The van der Waals surface area contributed by atoms with E-state index in [2.05, 4.69) is 43.9 Å². The lowest BCUT2D eigenvalue weighted by atomic mass is 10.00. The zero-order valence-electron chi connectivity index (χ0n) is 12.6. The summed E-state index contributed by atoms with van der Waals surface area (Å²) in [7, 11) is 0. The Bertz CT molecular complexity index is 477. The fourth-order valence-corrected chi connectivity index (χ4v) is 2.66. The zero-order valence-corrected chi connectivity index (χ0v) is 12.6. The van der Waals surface area contributed by atoms with Gasteiger partial charge in [0.05, 0.1) is 6.54 Å². The average molecular weight is 276 g/mol. The summed E-state index contributed by atoms with van der Waals surface area (Å²) in [5.74, 6) is -0.209. The zero-order chi connectivity index (χ0) is 14.7. The minimum atomic E-state index is -0.739. The molecule has 0 amide bonds. The molecular weight excluding hydrogens is 252 g/mol. The third-order valence-corrected chi connectivity index (χ3v) is 3.97. The molecule has 0 aliphatic carbocycles. The van der Waals surface area contributed by atoms with E-state index in [1.807, 2.05) is 4.90 Å². The largest absolute Gasteiger partial charge is 0.480 e. The molecule has 1 saturated heterocycles. The number of anilines is 1. The molecule has 4 nitrogen and oxygen atoms in total. The Morgan fingerprint density at radius 1 is 1.25 bits per heavy atom. The summed E-state index contributed by atoms with van der Waals surface area (Å²) in [5.41, 5.74) is 3.95. The molecule has 1 N–H and O–H groups in total. The molecule has 1 heterocycles. The predicted molar refractivity (Wildman–Crippen MR) is 81.6 cm³/mol. The third kappa shape index (κ3) is 3.51. The maximum atomic E-state index is 10.7. The second kappa shape index (κ2) is 6.27. The van der Waals surface area contributed by atoms with Crippen molar-refractivity contribution in [2.45, 2.75) is 26.7 Å². The van der Waals surface area contributed by atoms with Crippen molar-refractivity contribution < 1.29 is 9.90 Å². The quantitative estimate of drug-likeness (QED) is 0.916. The van der Waals surface area contributed by atoms with Crippen molar-refractivity contribution in [2.24, 2.45) is 0 Å². The number of hydrogen-bond donors (Lipinski definition) is 1. The molecule has 0 spiro atoms. The SMILES string of the molecule is Cc1ccc(C(C)C)cc1N1CCN(CC(=O)O)CC1. The number of aryl methyl sites for hydroxylation is 1. The van der Waals surface area contributed by atoms with Crippen LogP contribution in [0.25, 0.3) is 0 Å². The molecule has 1 aromatic rings. The van der Waals surface area contributed by atoms with Gasteiger partial charge in [-0.3, -0.25) is 9.69 Å². The Morgan fingerprint density at radius 2 is 1.90 bits per heavy atom. The number of aliphatic carboxylic acids is 1. The molecule has 110 valence electrons. The van der Waals surface area contributed by atoms with Gasteiger partial charge in [-0.05, 0) is 30.0 Å². The Kier molecular flexibility index (Phi) is 4.65. The van der Waals surface area contributed by atoms with Crippen LogP contribution in [0.15, 0.2) is 18.2 Å². The van der Waals surface area contributed by atoms with E-state index in [0.717, 1.165) is 26.2 Å². The molecule has 4 heteroatoms. The van der Waals surface area contributed by atoms with Gasteiger partial charge < -0.3 is 10.0 Å². The average Bonchev–Trinajstić information content (AvgIpc) is 2.39. The fourth-order valence-electron chi connectivity index (χ4n) is 2.66. The fraction of sp³-hybridized carbons (Fsp3) is 0.562. The second-order valence-electron chi connectivity index (χ2n) is 5.86. The number of hydrogen-bond acceptors (Lipinski definition) is 3. The van der Waals surface area contributed by atoms with E-state index >= 15 is 0 Å². The molecule has 2 rings (SSSR count). The smallest absolute Gasteiger partial charge is 0.317 e.